The van der Waals surface area contributed by atoms with Crippen molar-refractivity contribution in [3.63, 3.8) is 0 Å². The molecule has 4 nitrogen and oxygen atoms in total. The minimum absolute atomic E-state index is 0.541. The van der Waals surface area contributed by atoms with Crippen molar-refractivity contribution in [3.8, 4) is 0 Å². The minimum Gasteiger partial charge on any atom is -0.383 e. The molecular weight excluding hydrogens is 236 g/mol. The van der Waals surface area contributed by atoms with Gasteiger partial charge in [0.05, 0.1) is 0 Å². The molecule has 1 heterocycles. The van der Waals surface area contributed by atoms with Crippen LogP contribution >= 0.6 is 0 Å². The number of nitrogen functional groups attached to an aromatic ring is 1. The zero-order valence-electron chi connectivity index (χ0n) is 12.2. The number of anilines is 3. The Balaban J connectivity index is 2.52. The van der Waals surface area contributed by atoms with Crippen molar-refractivity contribution in [2.45, 2.75) is 27.7 Å². The summed E-state index contributed by atoms with van der Waals surface area (Å²) in [5.41, 5.74) is 10.4. The summed E-state index contributed by atoms with van der Waals surface area (Å²) in [6.45, 7) is 8.00. The fourth-order valence-electron chi connectivity index (χ4n) is 2.26. The molecule has 0 fully saturated rings. The predicted octanol–water partition coefficient (Wildman–Crippen LogP) is 3.06. The number of nitrogens with two attached hydrogens (primary N) is 1. The summed E-state index contributed by atoms with van der Waals surface area (Å²) in [7, 11) is 2.01. The molecule has 0 spiro atoms. The largest absolute Gasteiger partial charge is 0.383 e. The predicted molar refractivity (Wildman–Crippen MR) is 79.9 cm³/mol. The summed E-state index contributed by atoms with van der Waals surface area (Å²) in [6.07, 6.45) is 0. The molecule has 0 amide bonds. The maximum absolute atomic E-state index is 5.92. The first-order valence-electron chi connectivity index (χ1n) is 6.32. The average molecular weight is 256 g/mol. The van der Waals surface area contributed by atoms with Crippen LogP contribution in [0.15, 0.2) is 18.2 Å². The Morgan fingerprint density at radius 1 is 1.05 bits per heavy atom. The maximum Gasteiger partial charge on any atom is 0.141 e. The van der Waals surface area contributed by atoms with E-state index in [-0.39, 0.29) is 0 Å². The lowest BCUT2D eigenvalue weighted by atomic mass is 10.1. The molecule has 100 valence electrons. The van der Waals surface area contributed by atoms with Crippen molar-refractivity contribution in [2.24, 2.45) is 0 Å². The molecule has 1 aromatic heterocycles. The third kappa shape index (κ3) is 2.52. The van der Waals surface area contributed by atoms with Gasteiger partial charge in [0.15, 0.2) is 0 Å². The van der Waals surface area contributed by atoms with Gasteiger partial charge in [0.1, 0.15) is 17.5 Å². The summed E-state index contributed by atoms with van der Waals surface area (Å²) < 4.78 is 0. The summed E-state index contributed by atoms with van der Waals surface area (Å²) in [6, 6.07) is 6.38. The van der Waals surface area contributed by atoms with E-state index in [1.807, 2.05) is 20.9 Å². The Morgan fingerprint density at radius 2 is 1.74 bits per heavy atom. The molecule has 0 unspecified atom stereocenters. The first kappa shape index (κ1) is 13.3. The Hall–Kier alpha value is -2.10. The normalized spacial score (nSPS) is 10.6. The van der Waals surface area contributed by atoms with E-state index in [1.165, 1.54) is 11.1 Å². The monoisotopic (exact) mass is 256 g/mol. The number of aryl methyl sites for hydroxylation is 3. The molecule has 1 aromatic carbocycles. The summed E-state index contributed by atoms with van der Waals surface area (Å²) in [5, 5.41) is 0. The fourth-order valence-corrected chi connectivity index (χ4v) is 2.26. The van der Waals surface area contributed by atoms with Crippen LogP contribution in [0.25, 0.3) is 0 Å². The number of hydrogen-bond donors (Lipinski definition) is 1. The molecular formula is C15H20N4. The van der Waals surface area contributed by atoms with Crippen LogP contribution < -0.4 is 10.6 Å². The summed E-state index contributed by atoms with van der Waals surface area (Å²) >= 11 is 0. The maximum atomic E-state index is 5.92. The zero-order chi connectivity index (χ0) is 14.2. The van der Waals surface area contributed by atoms with Crippen LogP contribution in [0.4, 0.5) is 17.3 Å². The number of aromatic nitrogens is 2. The zero-order valence-corrected chi connectivity index (χ0v) is 12.2. The van der Waals surface area contributed by atoms with Crippen molar-refractivity contribution in [1.29, 1.82) is 0 Å². The van der Waals surface area contributed by atoms with Gasteiger partial charge >= 0.3 is 0 Å². The van der Waals surface area contributed by atoms with E-state index in [0.717, 1.165) is 17.1 Å². The molecule has 2 aromatic rings. The van der Waals surface area contributed by atoms with Gasteiger partial charge in [-0.3, -0.25) is 0 Å². The van der Waals surface area contributed by atoms with E-state index in [0.29, 0.717) is 11.6 Å². The second kappa shape index (κ2) is 4.88. The van der Waals surface area contributed by atoms with Crippen LogP contribution in [0.3, 0.4) is 0 Å². The van der Waals surface area contributed by atoms with Crippen molar-refractivity contribution in [3.05, 3.63) is 40.7 Å². The van der Waals surface area contributed by atoms with E-state index in [4.69, 9.17) is 5.73 Å². The first-order valence-corrected chi connectivity index (χ1v) is 6.32. The summed E-state index contributed by atoms with van der Waals surface area (Å²) in [4.78, 5) is 10.8. The lowest BCUT2D eigenvalue weighted by molar-refractivity contribution is 0.996. The van der Waals surface area contributed by atoms with E-state index < -0.39 is 0 Å². The van der Waals surface area contributed by atoms with E-state index in [2.05, 4.69) is 46.9 Å². The van der Waals surface area contributed by atoms with Crippen LogP contribution in [0, 0.1) is 27.7 Å². The van der Waals surface area contributed by atoms with Crippen LogP contribution in [-0.2, 0) is 0 Å². The molecule has 0 aliphatic rings. The molecule has 0 saturated heterocycles. The van der Waals surface area contributed by atoms with E-state index in [1.54, 1.807) is 0 Å². The highest BCUT2D eigenvalue weighted by atomic mass is 15.2. The molecule has 0 bridgehead atoms. The van der Waals surface area contributed by atoms with Gasteiger partial charge in [0.25, 0.3) is 0 Å². The molecule has 0 aliphatic heterocycles. The fraction of sp³-hybridized carbons (Fsp3) is 0.333. The number of benzene rings is 1. The van der Waals surface area contributed by atoms with Gasteiger partial charge in [-0.2, -0.15) is 0 Å². The van der Waals surface area contributed by atoms with Crippen LogP contribution in [0.2, 0.25) is 0 Å². The number of nitrogens with zero attached hydrogens (tertiary/aromatic N) is 3. The third-order valence-corrected chi connectivity index (χ3v) is 3.30. The summed E-state index contributed by atoms with van der Waals surface area (Å²) in [5.74, 6) is 2.09. The molecule has 0 aliphatic carbocycles. The van der Waals surface area contributed by atoms with Gasteiger partial charge in [-0.1, -0.05) is 17.7 Å². The van der Waals surface area contributed by atoms with Crippen LogP contribution in [-0.4, -0.2) is 17.0 Å². The van der Waals surface area contributed by atoms with Gasteiger partial charge < -0.3 is 10.6 Å². The van der Waals surface area contributed by atoms with E-state index >= 15 is 0 Å². The third-order valence-electron chi connectivity index (χ3n) is 3.30. The van der Waals surface area contributed by atoms with Gasteiger partial charge in [-0.15, -0.1) is 0 Å². The first-order chi connectivity index (χ1) is 8.90. The Labute approximate surface area is 114 Å². The quantitative estimate of drug-likeness (QED) is 0.897. The van der Waals surface area contributed by atoms with Crippen molar-refractivity contribution in [1.82, 2.24) is 9.97 Å². The van der Waals surface area contributed by atoms with Gasteiger partial charge in [-0.25, -0.2) is 9.97 Å². The SMILES string of the molecule is Cc1ccc(N(C)c2nc(C)nc(N)c2C)c(C)c1. The topological polar surface area (TPSA) is 55.0 Å². The van der Waals surface area contributed by atoms with Gasteiger partial charge in [0, 0.05) is 18.3 Å². The van der Waals surface area contributed by atoms with Crippen LogP contribution in [0.1, 0.15) is 22.5 Å². The van der Waals surface area contributed by atoms with Crippen LogP contribution in [0.5, 0.6) is 0 Å². The Bertz CT molecular complexity index is 620. The van der Waals surface area contributed by atoms with Crippen molar-refractivity contribution < 1.29 is 0 Å². The molecule has 0 radical (unpaired) electrons. The molecule has 0 atom stereocenters. The van der Waals surface area contributed by atoms with Crippen molar-refractivity contribution >= 4 is 17.3 Å². The standard InChI is InChI=1S/C15H20N4/c1-9-6-7-13(10(2)8-9)19(5)15-11(3)14(16)17-12(4)18-15/h6-8H,1-5H3,(H2,16,17,18). The lowest BCUT2D eigenvalue weighted by Crippen LogP contribution is -2.16. The molecule has 0 saturated carbocycles. The Morgan fingerprint density at radius 3 is 2.37 bits per heavy atom. The highest BCUT2D eigenvalue weighted by Crippen LogP contribution is 2.29. The molecule has 2 N–H and O–H groups in total. The van der Waals surface area contributed by atoms with Gasteiger partial charge in [-0.05, 0) is 39.3 Å². The lowest BCUT2D eigenvalue weighted by Gasteiger charge is -2.23. The molecule has 19 heavy (non-hydrogen) atoms. The highest BCUT2D eigenvalue weighted by molar-refractivity contribution is 5.68. The highest BCUT2D eigenvalue weighted by Gasteiger charge is 2.14. The molecule has 2 rings (SSSR count). The van der Waals surface area contributed by atoms with Crippen molar-refractivity contribution in [2.75, 3.05) is 17.7 Å². The van der Waals surface area contributed by atoms with Gasteiger partial charge in [0.2, 0.25) is 0 Å². The average Bonchev–Trinajstić information content (AvgIpc) is 2.33. The second-order valence-electron chi connectivity index (χ2n) is 4.95. The smallest absolute Gasteiger partial charge is 0.141 e. The molecule has 4 heteroatoms. The second-order valence-corrected chi connectivity index (χ2v) is 4.95. The number of hydrogen-bond acceptors (Lipinski definition) is 4. The van der Waals surface area contributed by atoms with E-state index in [9.17, 15) is 0 Å². The number of rotatable bonds is 2. The minimum atomic E-state index is 0.541. The Kier molecular flexibility index (Phi) is 3.42.